The fourth-order valence-corrected chi connectivity index (χ4v) is 2.10. The highest BCUT2D eigenvalue weighted by atomic mass is 32.2. The van der Waals surface area contributed by atoms with Gasteiger partial charge in [0.25, 0.3) is 0 Å². The van der Waals surface area contributed by atoms with E-state index in [9.17, 15) is 0 Å². The molecule has 0 unspecified atom stereocenters. The summed E-state index contributed by atoms with van der Waals surface area (Å²) in [7, 11) is 0. The number of allylic oxidation sites excluding steroid dienone is 4. The molecule has 0 aromatic heterocycles. The van der Waals surface area contributed by atoms with E-state index in [0.717, 1.165) is 0 Å². The van der Waals surface area contributed by atoms with Crippen molar-refractivity contribution in [2.24, 2.45) is 0 Å². The van der Waals surface area contributed by atoms with Gasteiger partial charge in [0, 0.05) is 11.8 Å². The van der Waals surface area contributed by atoms with E-state index in [1.807, 2.05) is 31.2 Å². The van der Waals surface area contributed by atoms with Crippen LogP contribution in [0.5, 0.6) is 0 Å². The van der Waals surface area contributed by atoms with Crippen LogP contribution in [0.15, 0.2) is 71.0 Å². The molecule has 0 spiro atoms. The normalized spacial score (nSPS) is 11.9. The molecule has 0 saturated heterocycles. The Morgan fingerprint density at radius 3 is 2.57 bits per heavy atom. The fourth-order valence-electron chi connectivity index (χ4n) is 1.07. The Labute approximate surface area is 90.0 Å². The van der Waals surface area contributed by atoms with Gasteiger partial charge in [0.1, 0.15) is 0 Å². The van der Waals surface area contributed by atoms with Crippen LogP contribution in [0, 0.1) is 0 Å². The van der Waals surface area contributed by atoms with Crippen LogP contribution in [0.2, 0.25) is 0 Å². The van der Waals surface area contributed by atoms with Crippen molar-refractivity contribution in [1.82, 2.24) is 0 Å². The van der Waals surface area contributed by atoms with Crippen LogP contribution < -0.4 is 0 Å². The molecule has 0 radical (unpaired) electrons. The minimum absolute atomic E-state index is 1.23. The predicted molar refractivity (Wildman–Crippen MR) is 66.6 cm³/mol. The molecule has 0 atom stereocenters. The van der Waals surface area contributed by atoms with Gasteiger partial charge in [-0.2, -0.15) is 0 Å². The Kier molecular flexibility index (Phi) is 4.87. The summed E-state index contributed by atoms with van der Waals surface area (Å²) < 4.78 is 0. The molecule has 0 aliphatic heterocycles. The van der Waals surface area contributed by atoms with Crippen molar-refractivity contribution in [1.29, 1.82) is 0 Å². The lowest BCUT2D eigenvalue weighted by atomic mass is 10.4. The van der Waals surface area contributed by atoms with Gasteiger partial charge >= 0.3 is 0 Å². The van der Waals surface area contributed by atoms with Crippen LogP contribution in [0.4, 0.5) is 0 Å². The summed E-state index contributed by atoms with van der Waals surface area (Å²) in [5.41, 5.74) is 0. The highest BCUT2D eigenvalue weighted by molar-refractivity contribution is 7.83. The number of benzene rings is 1. The Hall–Kier alpha value is -1.21. The van der Waals surface area contributed by atoms with Crippen molar-refractivity contribution >= 4 is 11.8 Å². The van der Waals surface area contributed by atoms with E-state index in [1.54, 1.807) is 0 Å². The fraction of sp³-hybridized carbons (Fsp3) is 0.0769. The van der Waals surface area contributed by atoms with Gasteiger partial charge in [0.2, 0.25) is 0 Å². The molecule has 0 N–H and O–H groups in total. The van der Waals surface area contributed by atoms with Crippen molar-refractivity contribution in [3.63, 3.8) is 0 Å². The van der Waals surface area contributed by atoms with Gasteiger partial charge in [-0.15, -0.1) is 0 Å². The zero-order valence-electron chi connectivity index (χ0n) is 8.35. The van der Waals surface area contributed by atoms with E-state index in [2.05, 4.69) is 36.9 Å². The number of thiol groups is 1. The minimum Gasteiger partial charge on any atom is -0.0989 e. The second kappa shape index (κ2) is 6.28. The predicted octanol–water partition coefficient (Wildman–Crippen LogP) is 3.51. The Morgan fingerprint density at radius 2 is 2.00 bits per heavy atom. The third-order valence-electron chi connectivity index (χ3n) is 1.64. The standard InChI is InChI=1S/C13H14S/c1-3-8-12(9-4-2)14-13-10-6-5-7-11-13/h3-11H,1H2,2H3/p+1/b9-4-,12-8+. The third-order valence-corrected chi connectivity index (χ3v) is 2.75. The van der Waals surface area contributed by atoms with Crippen molar-refractivity contribution < 1.29 is 0 Å². The van der Waals surface area contributed by atoms with E-state index in [-0.39, 0.29) is 0 Å². The van der Waals surface area contributed by atoms with E-state index < -0.39 is 0 Å². The lowest BCUT2D eigenvalue weighted by Gasteiger charge is -1.91. The average Bonchev–Trinajstić information content (AvgIpc) is 2.20. The number of hydrogen-bond acceptors (Lipinski definition) is 0. The van der Waals surface area contributed by atoms with Gasteiger partial charge in [-0.3, -0.25) is 0 Å². The molecule has 14 heavy (non-hydrogen) atoms. The molecule has 0 aliphatic carbocycles. The molecule has 0 nitrogen and oxygen atoms in total. The van der Waals surface area contributed by atoms with Crippen LogP contribution in [0.3, 0.4) is 0 Å². The maximum absolute atomic E-state index is 3.71. The molecule has 1 aromatic rings. The number of hydrogen-bond donors (Lipinski definition) is 0. The van der Waals surface area contributed by atoms with E-state index in [4.69, 9.17) is 0 Å². The van der Waals surface area contributed by atoms with Gasteiger partial charge in [-0.05, 0) is 31.2 Å². The molecule has 1 aromatic carbocycles. The monoisotopic (exact) mass is 203 g/mol. The summed E-state index contributed by atoms with van der Waals surface area (Å²) in [5.74, 6) is 0. The van der Waals surface area contributed by atoms with Gasteiger partial charge in [-0.25, -0.2) is 0 Å². The molecule has 0 amide bonds. The van der Waals surface area contributed by atoms with Crippen molar-refractivity contribution in [3.05, 3.63) is 66.1 Å². The van der Waals surface area contributed by atoms with Crippen LogP contribution in [0.1, 0.15) is 6.92 Å². The molecular weight excluding hydrogens is 188 g/mol. The molecule has 1 heteroatoms. The Bertz CT molecular complexity index is 334. The molecule has 0 heterocycles. The molecule has 0 bridgehead atoms. The summed E-state index contributed by atoms with van der Waals surface area (Å²) >= 11 is 1.23. The van der Waals surface area contributed by atoms with E-state index >= 15 is 0 Å². The van der Waals surface area contributed by atoms with Crippen LogP contribution >= 0.6 is 0 Å². The van der Waals surface area contributed by atoms with Crippen LogP contribution in [0.25, 0.3) is 0 Å². The zero-order chi connectivity index (χ0) is 10.2. The highest BCUT2D eigenvalue weighted by Gasteiger charge is 2.04. The van der Waals surface area contributed by atoms with Crippen LogP contribution in [-0.4, -0.2) is 0 Å². The quantitative estimate of drug-likeness (QED) is 0.399. The summed E-state index contributed by atoms with van der Waals surface area (Å²) in [4.78, 5) is 2.56. The van der Waals surface area contributed by atoms with Crippen LogP contribution in [-0.2, 0) is 11.8 Å². The first-order valence-electron chi connectivity index (χ1n) is 4.59. The summed E-state index contributed by atoms with van der Waals surface area (Å²) in [6, 6.07) is 10.4. The molecule has 72 valence electrons. The Balaban J connectivity index is 2.75. The molecular formula is C13H15S+. The maximum atomic E-state index is 3.71. The molecule has 1 rings (SSSR count). The first-order valence-corrected chi connectivity index (χ1v) is 5.48. The largest absolute Gasteiger partial charge is 0.158 e. The smallest absolute Gasteiger partial charge is 0.0989 e. The van der Waals surface area contributed by atoms with Gasteiger partial charge in [0.15, 0.2) is 9.80 Å². The summed E-state index contributed by atoms with van der Waals surface area (Å²) in [5, 5.41) is 0. The first-order chi connectivity index (χ1) is 6.86. The molecule has 0 fully saturated rings. The number of rotatable bonds is 4. The van der Waals surface area contributed by atoms with Gasteiger partial charge in [0.05, 0.1) is 0 Å². The second-order valence-electron chi connectivity index (χ2n) is 2.77. The van der Waals surface area contributed by atoms with Crippen molar-refractivity contribution in [3.8, 4) is 0 Å². The second-order valence-corrected chi connectivity index (χ2v) is 4.03. The molecule has 0 aliphatic rings. The summed E-state index contributed by atoms with van der Waals surface area (Å²) in [6.07, 6.45) is 8.02. The average molecular weight is 203 g/mol. The van der Waals surface area contributed by atoms with E-state index in [1.165, 1.54) is 21.6 Å². The minimum atomic E-state index is 1.23. The Morgan fingerprint density at radius 1 is 1.29 bits per heavy atom. The SMILES string of the molecule is C=C/C=C(\C=C/C)[SH+]c1ccccc1. The maximum Gasteiger partial charge on any atom is 0.158 e. The van der Waals surface area contributed by atoms with E-state index in [0.29, 0.717) is 0 Å². The third kappa shape index (κ3) is 3.67. The lowest BCUT2D eigenvalue weighted by molar-refractivity contribution is 1.46. The van der Waals surface area contributed by atoms with Crippen molar-refractivity contribution in [2.75, 3.05) is 0 Å². The lowest BCUT2D eigenvalue weighted by Crippen LogP contribution is -1.84. The summed E-state index contributed by atoms with van der Waals surface area (Å²) in [6.45, 7) is 5.73. The molecule has 0 saturated carbocycles. The topological polar surface area (TPSA) is 0 Å². The zero-order valence-corrected chi connectivity index (χ0v) is 9.24. The first kappa shape index (κ1) is 10.9. The highest BCUT2D eigenvalue weighted by Crippen LogP contribution is 2.11. The van der Waals surface area contributed by atoms with Gasteiger partial charge < -0.3 is 0 Å². The van der Waals surface area contributed by atoms with Crippen molar-refractivity contribution in [2.45, 2.75) is 11.8 Å². The van der Waals surface area contributed by atoms with Gasteiger partial charge in [-0.1, -0.05) is 36.9 Å².